The van der Waals surface area contributed by atoms with Crippen molar-refractivity contribution in [2.45, 2.75) is 19.4 Å². The van der Waals surface area contributed by atoms with Crippen molar-refractivity contribution in [2.24, 2.45) is 7.05 Å². The van der Waals surface area contributed by atoms with Crippen molar-refractivity contribution in [1.82, 2.24) is 25.0 Å². The van der Waals surface area contributed by atoms with Crippen LogP contribution in [0.15, 0.2) is 30.3 Å². The number of ether oxygens (including phenoxy) is 2. The smallest absolute Gasteiger partial charge is 0.183 e. The Labute approximate surface area is 201 Å². The van der Waals surface area contributed by atoms with Gasteiger partial charge in [0.05, 0.1) is 14.2 Å². The van der Waals surface area contributed by atoms with E-state index in [4.69, 9.17) is 42.6 Å². The lowest BCUT2D eigenvalue weighted by Gasteiger charge is -2.30. The van der Waals surface area contributed by atoms with Crippen LogP contribution in [0.2, 0.25) is 10.0 Å². The first-order chi connectivity index (χ1) is 16.0. The number of hydrogen-bond acceptors (Lipinski definition) is 7. The van der Waals surface area contributed by atoms with E-state index < -0.39 is 0 Å². The summed E-state index contributed by atoms with van der Waals surface area (Å²) in [6.07, 6.45) is 1.32. The Hall–Kier alpha value is -3.10. The van der Waals surface area contributed by atoms with Gasteiger partial charge < -0.3 is 14.4 Å². The highest BCUT2D eigenvalue weighted by Gasteiger charge is 2.24. The van der Waals surface area contributed by atoms with Crippen LogP contribution in [0.3, 0.4) is 0 Å². The van der Waals surface area contributed by atoms with Crippen LogP contribution in [0, 0.1) is 0 Å². The largest absolute Gasteiger partial charge is 0.493 e. The highest BCUT2D eigenvalue weighted by molar-refractivity contribution is 6.35. The van der Waals surface area contributed by atoms with Crippen molar-refractivity contribution in [3.05, 3.63) is 62.9 Å². The maximum absolute atomic E-state index is 6.40. The number of methoxy groups -OCH3 is 2. The summed E-state index contributed by atoms with van der Waals surface area (Å²) in [5, 5.41) is 9.71. The van der Waals surface area contributed by atoms with Gasteiger partial charge in [-0.15, -0.1) is 5.10 Å². The molecule has 2 aromatic heterocycles. The fraction of sp³-hybridized carbons (Fsp3) is 0.304. The predicted molar refractivity (Wildman–Crippen MR) is 128 cm³/mol. The minimum Gasteiger partial charge on any atom is -0.493 e. The van der Waals surface area contributed by atoms with Gasteiger partial charge in [0.2, 0.25) is 0 Å². The first-order valence-electron chi connectivity index (χ1n) is 10.5. The minimum atomic E-state index is 0.472. The number of aryl methyl sites for hydroxylation is 1. The van der Waals surface area contributed by atoms with E-state index in [9.17, 15) is 0 Å². The van der Waals surface area contributed by atoms with Crippen LogP contribution < -0.4 is 14.4 Å². The van der Waals surface area contributed by atoms with E-state index in [0.29, 0.717) is 45.7 Å². The molecule has 8 nitrogen and oxygen atoms in total. The molecule has 0 fully saturated rings. The summed E-state index contributed by atoms with van der Waals surface area (Å²) < 4.78 is 12.6. The summed E-state index contributed by atoms with van der Waals surface area (Å²) in [5.74, 6) is 2.85. The third-order valence-corrected chi connectivity index (χ3v) is 6.45. The van der Waals surface area contributed by atoms with E-state index in [1.165, 1.54) is 5.56 Å². The first kappa shape index (κ1) is 21.7. The summed E-state index contributed by atoms with van der Waals surface area (Å²) in [4.78, 5) is 11.8. The van der Waals surface area contributed by atoms with Crippen LogP contribution in [0.5, 0.6) is 11.5 Å². The number of nitrogens with zero attached hydrogens (tertiary/aromatic N) is 6. The number of fused-ring (bicyclic) bond motifs is 2. The van der Waals surface area contributed by atoms with E-state index in [1.807, 2.05) is 25.2 Å². The van der Waals surface area contributed by atoms with Crippen molar-refractivity contribution < 1.29 is 9.47 Å². The summed E-state index contributed by atoms with van der Waals surface area (Å²) in [5.41, 5.74) is 4.66. The van der Waals surface area contributed by atoms with Gasteiger partial charge in [-0.1, -0.05) is 34.5 Å². The van der Waals surface area contributed by atoms with Gasteiger partial charge in [-0.25, -0.2) is 14.6 Å². The number of halogens is 2. The van der Waals surface area contributed by atoms with E-state index in [-0.39, 0.29) is 0 Å². The van der Waals surface area contributed by atoms with Gasteiger partial charge >= 0.3 is 0 Å². The van der Waals surface area contributed by atoms with Gasteiger partial charge in [-0.05, 0) is 47.4 Å². The molecule has 170 valence electrons. The highest BCUT2D eigenvalue weighted by Crippen LogP contribution is 2.35. The Morgan fingerprint density at radius 3 is 2.48 bits per heavy atom. The summed E-state index contributed by atoms with van der Waals surface area (Å²) >= 11 is 12.5. The third kappa shape index (κ3) is 4.05. The zero-order valence-electron chi connectivity index (χ0n) is 18.5. The van der Waals surface area contributed by atoms with Gasteiger partial charge in [-0.2, -0.15) is 0 Å². The number of hydrogen-bond donors (Lipinski definition) is 0. The Morgan fingerprint density at radius 1 is 1.00 bits per heavy atom. The molecule has 4 aromatic rings. The Morgan fingerprint density at radius 2 is 1.76 bits per heavy atom. The molecular weight excluding hydrogens is 463 g/mol. The van der Waals surface area contributed by atoms with Gasteiger partial charge in [0.25, 0.3) is 0 Å². The summed E-state index contributed by atoms with van der Waals surface area (Å²) in [6.45, 7) is 1.45. The predicted octanol–water partition coefficient (Wildman–Crippen LogP) is 4.24. The van der Waals surface area contributed by atoms with Crippen molar-refractivity contribution >= 4 is 40.2 Å². The van der Waals surface area contributed by atoms with Gasteiger partial charge in [0.15, 0.2) is 28.5 Å². The van der Waals surface area contributed by atoms with Crippen LogP contribution in [0.25, 0.3) is 11.2 Å². The monoisotopic (exact) mass is 484 g/mol. The van der Waals surface area contributed by atoms with Crippen LogP contribution in [-0.4, -0.2) is 45.7 Å². The lowest BCUT2D eigenvalue weighted by Crippen LogP contribution is -2.31. The van der Waals surface area contributed by atoms with Crippen LogP contribution in [0.4, 0.5) is 5.82 Å². The maximum Gasteiger partial charge on any atom is 0.183 e. The Kier molecular flexibility index (Phi) is 5.72. The van der Waals surface area contributed by atoms with Crippen molar-refractivity contribution in [3.8, 4) is 11.5 Å². The Balaban J connectivity index is 1.54. The molecule has 2 aromatic carbocycles. The highest BCUT2D eigenvalue weighted by atomic mass is 35.5. The number of aromatic nitrogens is 5. The van der Waals surface area contributed by atoms with E-state index in [2.05, 4.69) is 21.3 Å². The van der Waals surface area contributed by atoms with Gasteiger partial charge in [0, 0.05) is 36.6 Å². The summed E-state index contributed by atoms with van der Waals surface area (Å²) in [7, 11) is 5.12. The molecule has 33 heavy (non-hydrogen) atoms. The van der Waals surface area contributed by atoms with E-state index in [0.717, 1.165) is 35.7 Å². The van der Waals surface area contributed by atoms with Gasteiger partial charge in [0.1, 0.15) is 5.82 Å². The molecule has 0 aliphatic carbocycles. The van der Waals surface area contributed by atoms with E-state index >= 15 is 0 Å². The third-order valence-electron chi connectivity index (χ3n) is 5.86. The first-order valence-corrected chi connectivity index (χ1v) is 11.2. The molecule has 10 heteroatoms. The zero-order chi connectivity index (χ0) is 23.1. The molecule has 0 saturated carbocycles. The quantitative estimate of drug-likeness (QED) is 0.419. The SMILES string of the molecule is COc1cc2c(cc1OC)CN(c1nc(Cc3ccc(Cl)cc3Cl)nc3c1nnn3C)CC2. The van der Waals surface area contributed by atoms with Crippen LogP contribution in [0.1, 0.15) is 22.5 Å². The average Bonchev–Trinajstić information content (AvgIpc) is 3.19. The van der Waals surface area contributed by atoms with E-state index in [1.54, 1.807) is 25.0 Å². The molecule has 1 aliphatic rings. The average molecular weight is 485 g/mol. The second-order valence-corrected chi connectivity index (χ2v) is 8.75. The fourth-order valence-electron chi connectivity index (χ4n) is 4.14. The standard InChI is InChI=1S/C23H22Cl2N6O2/c1-30-22-21(28-29-30)23(27-20(26-22)10-14-4-5-16(24)11-17(14)25)31-7-6-13-8-18(32-2)19(33-3)9-15(13)12-31/h4-5,8-9,11H,6-7,10,12H2,1-3H3. The Bertz CT molecular complexity index is 1360. The molecular formula is C23H22Cl2N6O2. The molecule has 3 heterocycles. The van der Waals surface area contributed by atoms with Crippen molar-refractivity contribution in [1.29, 1.82) is 0 Å². The maximum atomic E-state index is 6.40. The molecule has 0 amide bonds. The lowest BCUT2D eigenvalue weighted by molar-refractivity contribution is 0.353. The molecule has 1 aliphatic heterocycles. The molecule has 5 rings (SSSR count). The zero-order valence-corrected chi connectivity index (χ0v) is 20.0. The number of rotatable bonds is 5. The van der Waals surface area contributed by atoms with Crippen LogP contribution >= 0.6 is 23.2 Å². The normalized spacial score (nSPS) is 13.3. The van der Waals surface area contributed by atoms with Crippen LogP contribution in [-0.2, 0) is 26.4 Å². The number of anilines is 1. The second-order valence-electron chi connectivity index (χ2n) is 7.91. The molecule has 0 spiro atoms. The van der Waals surface area contributed by atoms with Crippen molar-refractivity contribution in [3.63, 3.8) is 0 Å². The molecule has 0 bridgehead atoms. The minimum absolute atomic E-state index is 0.472. The second kappa shape index (κ2) is 8.68. The molecule has 0 saturated heterocycles. The molecule has 0 unspecified atom stereocenters. The molecule has 0 N–H and O–H groups in total. The fourth-order valence-corrected chi connectivity index (χ4v) is 4.62. The number of benzene rings is 2. The van der Waals surface area contributed by atoms with Gasteiger partial charge in [-0.3, -0.25) is 0 Å². The lowest BCUT2D eigenvalue weighted by atomic mass is 9.98. The topological polar surface area (TPSA) is 78.2 Å². The van der Waals surface area contributed by atoms with Crippen molar-refractivity contribution in [2.75, 3.05) is 25.7 Å². The summed E-state index contributed by atoms with van der Waals surface area (Å²) in [6, 6.07) is 9.53. The molecule has 0 atom stereocenters. The molecule has 0 radical (unpaired) electrons.